The summed E-state index contributed by atoms with van der Waals surface area (Å²) in [6.45, 7) is 1.32. The Labute approximate surface area is 234 Å². The van der Waals surface area contributed by atoms with E-state index < -0.39 is 0 Å². The molecule has 0 fully saturated rings. The van der Waals surface area contributed by atoms with Crippen molar-refractivity contribution in [3.8, 4) is 16.3 Å². The van der Waals surface area contributed by atoms with E-state index in [1.807, 2.05) is 78.4 Å². The highest BCUT2D eigenvalue weighted by Crippen LogP contribution is 2.28. The van der Waals surface area contributed by atoms with E-state index in [0.717, 1.165) is 47.4 Å². The number of ketones is 1. The minimum atomic E-state index is -0.185. The van der Waals surface area contributed by atoms with E-state index in [-0.39, 0.29) is 11.5 Å². The van der Waals surface area contributed by atoms with Crippen molar-refractivity contribution in [2.75, 3.05) is 0 Å². The molecular weight excluding hydrogens is 520 g/mol. The summed E-state index contributed by atoms with van der Waals surface area (Å²) in [5.41, 5.74) is 4.54. The number of aromatic nitrogens is 6. The molecule has 6 aromatic rings. The van der Waals surface area contributed by atoms with Gasteiger partial charge in [-0.25, -0.2) is 24.3 Å². The molecule has 1 aliphatic heterocycles. The van der Waals surface area contributed by atoms with Crippen LogP contribution in [0.4, 0.5) is 0 Å². The molecule has 0 aliphatic carbocycles. The lowest BCUT2D eigenvalue weighted by Gasteiger charge is -2.22. The second kappa shape index (κ2) is 10.2. The Bertz CT molecular complexity index is 1880. The summed E-state index contributed by atoms with van der Waals surface area (Å²) in [5.74, 6) is 1.49. The van der Waals surface area contributed by atoms with Gasteiger partial charge in [-0.05, 0) is 35.6 Å². The van der Waals surface area contributed by atoms with Crippen LogP contribution in [0.1, 0.15) is 34.6 Å². The van der Waals surface area contributed by atoms with E-state index in [1.165, 1.54) is 11.3 Å². The van der Waals surface area contributed by atoms with Crippen molar-refractivity contribution in [1.29, 1.82) is 0 Å². The molecule has 0 saturated carbocycles. The van der Waals surface area contributed by atoms with Crippen molar-refractivity contribution in [1.82, 2.24) is 28.7 Å². The highest BCUT2D eigenvalue weighted by Gasteiger charge is 2.23. The number of benzene rings is 2. The van der Waals surface area contributed by atoms with Gasteiger partial charge < -0.3 is 4.57 Å². The number of carbonyl (C=O) groups excluding carboxylic acids is 1. The Morgan fingerprint density at radius 1 is 0.975 bits per heavy atom. The van der Waals surface area contributed by atoms with Crippen LogP contribution in [-0.4, -0.2) is 34.4 Å². The average Bonchev–Trinajstić information content (AvgIpc) is 3.74. The van der Waals surface area contributed by atoms with Crippen LogP contribution in [-0.2, 0) is 19.5 Å². The maximum Gasteiger partial charge on any atom is 0.337 e. The average molecular weight is 547 g/mol. The fourth-order valence-corrected chi connectivity index (χ4v) is 6.18. The zero-order valence-corrected chi connectivity index (χ0v) is 22.5. The Morgan fingerprint density at radius 3 is 2.73 bits per heavy atom. The third-order valence-electron chi connectivity index (χ3n) is 7.61. The Balaban J connectivity index is 1.23. The quantitative estimate of drug-likeness (QED) is 0.251. The number of nitrogens with zero attached hydrogens (tertiary/aromatic N) is 6. The molecule has 9 heteroatoms. The molecule has 0 N–H and O–H groups in total. The van der Waals surface area contributed by atoms with Crippen molar-refractivity contribution >= 4 is 28.3 Å². The Morgan fingerprint density at radius 2 is 1.88 bits per heavy atom. The van der Waals surface area contributed by atoms with Crippen LogP contribution in [0.25, 0.3) is 27.4 Å². The smallest absolute Gasteiger partial charge is 0.335 e. The monoisotopic (exact) mass is 546 g/mol. The predicted octanol–water partition coefficient (Wildman–Crippen LogP) is 5.39. The molecular formula is C31H26N6O2S. The molecule has 40 heavy (non-hydrogen) atoms. The van der Waals surface area contributed by atoms with Gasteiger partial charge in [0.15, 0.2) is 16.6 Å². The molecule has 7 rings (SSSR count). The number of aryl methyl sites for hydroxylation is 1. The van der Waals surface area contributed by atoms with Crippen molar-refractivity contribution in [3.05, 3.63) is 118 Å². The van der Waals surface area contributed by atoms with Crippen molar-refractivity contribution < 1.29 is 4.79 Å². The van der Waals surface area contributed by atoms with E-state index in [1.54, 1.807) is 21.5 Å². The number of carbonyl (C=O) groups is 1. The van der Waals surface area contributed by atoms with Gasteiger partial charge in [0, 0.05) is 60.7 Å². The summed E-state index contributed by atoms with van der Waals surface area (Å²) in [7, 11) is 0. The summed E-state index contributed by atoms with van der Waals surface area (Å²) in [6.07, 6.45) is 9.60. The molecule has 5 heterocycles. The number of Topliss-reactive ketones (excluding diaryl/α,β-unsaturated/α-hetero) is 1. The molecule has 4 aromatic heterocycles. The lowest BCUT2D eigenvalue weighted by Crippen LogP contribution is -2.23. The molecule has 1 atom stereocenters. The molecule has 8 nitrogen and oxygen atoms in total. The molecule has 2 aromatic carbocycles. The second-order valence-electron chi connectivity index (χ2n) is 10.2. The predicted molar refractivity (Wildman–Crippen MR) is 155 cm³/mol. The van der Waals surface area contributed by atoms with Crippen LogP contribution >= 0.6 is 11.3 Å². The van der Waals surface area contributed by atoms with E-state index in [2.05, 4.69) is 14.5 Å². The van der Waals surface area contributed by atoms with Gasteiger partial charge in [-0.15, -0.1) is 11.3 Å². The van der Waals surface area contributed by atoms with E-state index in [9.17, 15) is 9.59 Å². The largest absolute Gasteiger partial charge is 0.337 e. The number of thiazole rings is 1. The molecule has 0 radical (unpaired) electrons. The minimum Gasteiger partial charge on any atom is -0.335 e. The molecule has 0 saturated heterocycles. The van der Waals surface area contributed by atoms with Gasteiger partial charge in [0.25, 0.3) is 0 Å². The number of pyridine rings is 1. The zero-order chi connectivity index (χ0) is 27.1. The third kappa shape index (κ3) is 4.48. The van der Waals surface area contributed by atoms with Gasteiger partial charge in [0.1, 0.15) is 5.82 Å². The summed E-state index contributed by atoms with van der Waals surface area (Å²) >= 11 is 1.40. The number of imidazole rings is 2. The molecule has 0 bridgehead atoms. The van der Waals surface area contributed by atoms with Crippen molar-refractivity contribution in [2.24, 2.45) is 5.92 Å². The van der Waals surface area contributed by atoms with Gasteiger partial charge >= 0.3 is 5.69 Å². The highest BCUT2D eigenvalue weighted by molar-refractivity contribution is 7.12. The van der Waals surface area contributed by atoms with Crippen LogP contribution in [0.5, 0.6) is 0 Å². The van der Waals surface area contributed by atoms with Gasteiger partial charge in [-0.1, -0.05) is 48.5 Å². The van der Waals surface area contributed by atoms with E-state index in [4.69, 9.17) is 4.98 Å². The summed E-state index contributed by atoms with van der Waals surface area (Å²) < 4.78 is 5.48. The first-order valence-corrected chi connectivity index (χ1v) is 14.2. The minimum absolute atomic E-state index is 0.136. The summed E-state index contributed by atoms with van der Waals surface area (Å²) in [5, 5.41) is 2.43. The summed E-state index contributed by atoms with van der Waals surface area (Å²) in [6, 6.07) is 19.6. The van der Waals surface area contributed by atoms with Gasteiger partial charge in [-0.2, -0.15) is 0 Å². The molecule has 198 valence electrons. The molecule has 1 aliphatic rings. The normalized spacial score (nSPS) is 14.8. The molecule has 0 spiro atoms. The van der Waals surface area contributed by atoms with Crippen LogP contribution in [0.2, 0.25) is 0 Å². The first-order valence-electron chi connectivity index (χ1n) is 13.3. The lowest BCUT2D eigenvalue weighted by atomic mass is 9.90. The second-order valence-corrected chi connectivity index (χ2v) is 11.0. The fourth-order valence-electron chi connectivity index (χ4n) is 5.55. The number of rotatable bonds is 7. The van der Waals surface area contributed by atoms with Crippen molar-refractivity contribution in [3.63, 3.8) is 0 Å². The Kier molecular flexibility index (Phi) is 6.20. The van der Waals surface area contributed by atoms with Gasteiger partial charge in [0.05, 0.1) is 12.1 Å². The first-order chi connectivity index (χ1) is 19.6. The number of hydrogen-bond acceptors (Lipinski definition) is 6. The first kappa shape index (κ1) is 24.4. The van der Waals surface area contributed by atoms with Crippen LogP contribution < -0.4 is 5.69 Å². The maximum atomic E-state index is 13.6. The van der Waals surface area contributed by atoms with E-state index in [0.29, 0.717) is 35.2 Å². The third-order valence-corrected chi connectivity index (χ3v) is 8.37. The SMILES string of the molecule is O=C(CC1CCn2ccnc2C1)c1cccc(-c2cnc3c(c2)n(Cc2ccccc2)c(=O)n3-c2nccs2)c1. The fraction of sp³-hybridized carbons (Fsp3) is 0.194. The van der Waals surface area contributed by atoms with Gasteiger partial charge in [0.2, 0.25) is 0 Å². The zero-order valence-electron chi connectivity index (χ0n) is 21.7. The van der Waals surface area contributed by atoms with Crippen LogP contribution in [0.3, 0.4) is 0 Å². The molecule has 0 amide bonds. The number of fused-ring (bicyclic) bond motifs is 2. The lowest BCUT2D eigenvalue weighted by molar-refractivity contribution is 0.0953. The number of hydrogen-bond donors (Lipinski definition) is 0. The summed E-state index contributed by atoms with van der Waals surface area (Å²) in [4.78, 5) is 40.5. The molecule has 1 unspecified atom stereocenters. The van der Waals surface area contributed by atoms with Crippen LogP contribution in [0, 0.1) is 5.92 Å². The maximum absolute atomic E-state index is 13.6. The standard InChI is InChI=1S/C31H26N6O2S/c38-27(15-22-9-12-35-13-10-32-28(35)16-22)24-8-4-7-23(17-24)25-18-26-29(34-19-25)37(30-33-11-14-40-30)31(39)36(26)20-21-5-2-1-3-6-21/h1-8,10-11,13-14,17-19,22H,9,12,15-16,20H2. The van der Waals surface area contributed by atoms with E-state index >= 15 is 0 Å². The van der Waals surface area contributed by atoms with Gasteiger partial charge in [-0.3, -0.25) is 9.36 Å². The Hall–Kier alpha value is -4.63. The van der Waals surface area contributed by atoms with Crippen molar-refractivity contribution in [2.45, 2.75) is 32.4 Å². The highest BCUT2D eigenvalue weighted by atomic mass is 32.1. The topological polar surface area (TPSA) is 87.6 Å². The van der Waals surface area contributed by atoms with Crippen LogP contribution in [0.15, 0.2) is 95.6 Å².